The fraction of sp³-hybridized carbons (Fsp3) is 0.400. The van der Waals surface area contributed by atoms with Crippen LogP contribution in [0.5, 0.6) is 0 Å². The van der Waals surface area contributed by atoms with Crippen molar-refractivity contribution in [2.45, 2.75) is 25.2 Å². The van der Waals surface area contributed by atoms with Crippen LogP contribution in [0.25, 0.3) is 16.8 Å². The molecule has 0 unspecified atom stereocenters. The lowest BCUT2D eigenvalue weighted by Crippen LogP contribution is -2.29. The topological polar surface area (TPSA) is 68.3 Å². The summed E-state index contributed by atoms with van der Waals surface area (Å²) < 4.78 is 3.69. The van der Waals surface area contributed by atoms with Crippen LogP contribution in [0.3, 0.4) is 0 Å². The molecule has 2 atom stereocenters. The number of aryl methyl sites for hydroxylation is 1. The van der Waals surface area contributed by atoms with Gasteiger partial charge in [-0.1, -0.05) is 6.58 Å². The molecule has 0 N–H and O–H groups in total. The Hall–Kier alpha value is -2.96. The number of hydrogen-bond donors (Lipinski definition) is 0. The Morgan fingerprint density at radius 2 is 2.22 bits per heavy atom. The first-order chi connectivity index (χ1) is 13.0. The molecule has 1 aliphatic carbocycles. The first-order valence-corrected chi connectivity index (χ1v) is 9.26. The van der Waals surface area contributed by atoms with Gasteiger partial charge in [0.2, 0.25) is 5.91 Å². The average molecular weight is 364 g/mol. The van der Waals surface area contributed by atoms with E-state index in [-0.39, 0.29) is 5.91 Å². The number of fused-ring (bicyclic) bond motifs is 1. The normalized spacial score (nSPS) is 19.5. The van der Waals surface area contributed by atoms with Gasteiger partial charge in [-0.15, -0.1) is 0 Å². The Morgan fingerprint density at radius 1 is 1.37 bits per heavy atom. The van der Waals surface area contributed by atoms with E-state index in [0.717, 1.165) is 48.3 Å². The molecule has 3 aromatic rings. The second kappa shape index (κ2) is 6.98. The molecular weight excluding hydrogens is 340 g/mol. The van der Waals surface area contributed by atoms with Gasteiger partial charge < -0.3 is 4.90 Å². The van der Waals surface area contributed by atoms with E-state index in [9.17, 15) is 4.79 Å². The monoisotopic (exact) mass is 364 g/mol. The molecule has 0 spiro atoms. The van der Waals surface area contributed by atoms with E-state index in [4.69, 9.17) is 4.98 Å². The van der Waals surface area contributed by atoms with Gasteiger partial charge in [0.15, 0.2) is 0 Å². The summed E-state index contributed by atoms with van der Waals surface area (Å²) in [5.74, 6) is 0.835. The van der Waals surface area contributed by atoms with Crippen molar-refractivity contribution in [3.8, 4) is 11.3 Å². The lowest BCUT2D eigenvalue weighted by atomic mass is 10.00. The molecule has 3 heterocycles. The van der Waals surface area contributed by atoms with Crippen molar-refractivity contribution in [2.75, 3.05) is 13.6 Å². The summed E-state index contributed by atoms with van der Waals surface area (Å²) in [7, 11) is 3.74. The SMILES string of the molecule is C=CC(=O)N(C)C[C@H]1CC[C@@H](c2nc(-c3cnn(C)c3)cn3nccc23)C1. The lowest BCUT2D eigenvalue weighted by molar-refractivity contribution is -0.125. The Kier molecular flexibility index (Phi) is 4.51. The third kappa shape index (κ3) is 3.37. The van der Waals surface area contributed by atoms with E-state index in [1.165, 1.54) is 6.08 Å². The van der Waals surface area contributed by atoms with E-state index in [0.29, 0.717) is 11.8 Å². The molecule has 0 radical (unpaired) electrons. The second-order valence-electron chi connectivity index (χ2n) is 7.37. The highest BCUT2D eigenvalue weighted by molar-refractivity contribution is 5.86. The number of likely N-dealkylation sites (N-methyl/N-ethyl adjacent to an activating group) is 1. The van der Waals surface area contributed by atoms with Gasteiger partial charge in [0.1, 0.15) is 0 Å². The summed E-state index contributed by atoms with van der Waals surface area (Å²) >= 11 is 0. The molecule has 0 aromatic carbocycles. The molecule has 140 valence electrons. The third-order valence-corrected chi connectivity index (χ3v) is 5.43. The summed E-state index contributed by atoms with van der Waals surface area (Å²) in [5, 5.41) is 8.69. The summed E-state index contributed by atoms with van der Waals surface area (Å²) in [4.78, 5) is 18.5. The van der Waals surface area contributed by atoms with Crippen LogP contribution in [0.1, 0.15) is 30.9 Å². The molecule has 0 saturated heterocycles. The zero-order valence-corrected chi connectivity index (χ0v) is 15.7. The standard InChI is InChI=1S/C20H24N6O/c1-4-19(27)24(2)11-14-5-6-15(9-14)20-18-7-8-21-26(18)13-17(23-20)16-10-22-25(3)12-16/h4,7-8,10,12-15H,1,5-6,9,11H2,2-3H3/t14-,15+/m0/s1. The zero-order chi connectivity index (χ0) is 19.0. The van der Waals surface area contributed by atoms with Gasteiger partial charge in [-0.25, -0.2) is 9.50 Å². The minimum absolute atomic E-state index is 0.0201. The van der Waals surface area contributed by atoms with Crippen LogP contribution in [-0.4, -0.2) is 48.8 Å². The summed E-state index contributed by atoms with van der Waals surface area (Å²) in [6, 6.07) is 2.02. The van der Waals surface area contributed by atoms with Gasteiger partial charge in [0, 0.05) is 38.3 Å². The highest BCUT2D eigenvalue weighted by Crippen LogP contribution is 2.40. The van der Waals surface area contributed by atoms with Gasteiger partial charge in [-0.2, -0.15) is 10.2 Å². The molecular formula is C20H24N6O. The van der Waals surface area contributed by atoms with Crippen LogP contribution >= 0.6 is 0 Å². The Bertz CT molecular complexity index is 987. The van der Waals surface area contributed by atoms with Crippen LogP contribution in [0, 0.1) is 5.92 Å². The molecule has 1 fully saturated rings. The summed E-state index contributed by atoms with van der Waals surface area (Å²) in [5.41, 5.74) is 4.02. The van der Waals surface area contributed by atoms with Crippen LogP contribution in [0.15, 0.2) is 43.5 Å². The van der Waals surface area contributed by atoms with Crippen molar-refractivity contribution >= 4 is 11.4 Å². The Morgan fingerprint density at radius 3 is 2.96 bits per heavy atom. The van der Waals surface area contributed by atoms with Gasteiger partial charge in [-0.05, 0) is 37.3 Å². The van der Waals surface area contributed by atoms with Crippen molar-refractivity contribution < 1.29 is 4.79 Å². The van der Waals surface area contributed by atoms with Gasteiger partial charge in [-0.3, -0.25) is 9.48 Å². The first kappa shape index (κ1) is 17.5. The Labute approximate surface area is 158 Å². The fourth-order valence-electron chi connectivity index (χ4n) is 4.07. The maximum Gasteiger partial charge on any atom is 0.245 e. The fourth-order valence-corrected chi connectivity index (χ4v) is 4.07. The van der Waals surface area contributed by atoms with Crippen molar-refractivity contribution in [1.82, 2.24) is 29.3 Å². The predicted octanol–water partition coefficient (Wildman–Crippen LogP) is 2.66. The zero-order valence-electron chi connectivity index (χ0n) is 15.7. The Balaban J connectivity index is 1.61. The van der Waals surface area contributed by atoms with Crippen LogP contribution < -0.4 is 0 Å². The number of rotatable bonds is 5. The maximum absolute atomic E-state index is 11.8. The number of carbonyl (C=O) groups excluding carboxylic acids is 1. The van der Waals surface area contributed by atoms with Crippen molar-refractivity contribution in [2.24, 2.45) is 13.0 Å². The third-order valence-electron chi connectivity index (χ3n) is 5.43. The molecule has 0 bridgehead atoms. The minimum atomic E-state index is -0.0201. The smallest absolute Gasteiger partial charge is 0.245 e. The van der Waals surface area contributed by atoms with E-state index in [1.54, 1.807) is 9.58 Å². The van der Waals surface area contributed by atoms with E-state index in [2.05, 4.69) is 16.8 Å². The number of aromatic nitrogens is 5. The van der Waals surface area contributed by atoms with Crippen molar-refractivity contribution in [3.63, 3.8) is 0 Å². The molecule has 0 aliphatic heterocycles. The maximum atomic E-state index is 11.8. The van der Waals surface area contributed by atoms with Gasteiger partial charge in [0.25, 0.3) is 0 Å². The molecule has 1 amide bonds. The van der Waals surface area contributed by atoms with Gasteiger partial charge in [0.05, 0.1) is 35.5 Å². The van der Waals surface area contributed by atoms with Gasteiger partial charge >= 0.3 is 0 Å². The van der Waals surface area contributed by atoms with E-state index in [1.807, 2.05) is 49.5 Å². The minimum Gasteiger partial charge on any atom is -0.342 e. The largest absolute Gasteiger partial charge is 0.342 e. The number of carbonyl (C=O) groups is 1. The van der Waals surface area contributed by atoms with Crippen LogP contribution in [-0.2, 0) is 11.8 Å². The summed E-state index contributed by atoms with van der Waals surface area (Å²) in [6.07, 6.45) is 12.1. The molecule has 7 nitrogen and oxygen atoms in total. The number of hydrogen-bond acceptors (Lipinski definition) is 4. The molecule has 1 saturated carbocycles. The quantitative estimate of drug-likeness (QED) is 0.653. The predicted molar refractivity (Wildman–Crippen MR) is 103 cm³/mol. The van der Waals surface area contributed by atoms with Crippen molar-refractivity contribution in [1.29, 1.82) is 0 Å². The molecule has 27 heavy (non-hydrogen) atoms. The highest BCUT2D eigenvalue weighted by Gasteiger charge is 2.30. The van der Waals surface area contributed by atoms with Crippen molar-refractivity contribution in [3.05, 3.63) is 49.2 Å². The van der Waals surface area contributed by atoms with Crippen LogP contribution in [0.2, 0.25) is 0 Å². The first-order valence-electron chi connectivity index (χ1n) is 9.26. The van der Waals surface area contributed by atoms with E-state index < -0.39 is 0 Å². The molecule has 3 aromatic heterocycles. The molecule has 7 heteroatoms. The summed E-state index contributed by atoms with van der Waals surface area (Å²) in [6.45, 7) is 4.33. The lowest BCUT2D eigenvalue weighted by Gasteiger charge is -2.20. The van der Waals surface area contributed by atoms with E-state index >= 15 is 0 Å². The molecule has 4 rings (SSSR count). The second-order valence-corrected chi connectivity index (χ2v) is 7.37. The highest BCUT2D eigenvalue weighted by atomic mass is 16.2. The molecule has 1 aliphatic rings. The average Bonchev–Trinajstić information content (AvgIpc) is 3.40. The number of nitrogens with zero attached hydrogens (tertiary/aromatic N) is 6. The van der Waals surface area contributed by atoms with Crippen LogP contribution in [0.4, 0.5) is 0 Å². The number of amides is 1.